The Bertz CT molecular complexity index is 351. The Morgan fingerprint density at radius 1 is 1.33 bits per heavy atom. The van der Waals surface area contributed by atoms with Gasteiger partial charge in [-0.05, 0) is 38.3 Å². The Labute approximate surface area is 109 Å². The third-order valence-corrected chi connectivity index (χ3v) is 3.31. The molecule has 0 amide bonds. The number of rotatable bonds is 8. The van der Waals surface area contributed by atoms with Gasteiger partial charge in [0, 0.05) is 6.04 Å². The second-order valence-electron chi connectivity index (χ2n) is 4.71. The molecule has 0 saturated heterocycles. The average Bonchev–Trinajstić information content (AvgIpc) is 2.37. The lowest BCUT2D eigenvalue weighted by Gasteiger charge is -2.26. The zero-order valence-corrected chi connectivity index (χ0v) is 11.3. The van der Waals surface area contributed by atoms with Crippen molar-refractivity contribution in [3.63, 3.8) is 0 Å². The molecular formula is C15H23NO2. The van der Waals surface area contributed by atoms with Gasteiger partial charge in [0.2, 0.25) is 0 Å². The molecule has 0 aromatic heterocycles. The summed E-state index contributed by atoms with van der Waals surface area (Å²) in [5.74, 6) is -0.741. The molecule has 3 heteroatoms. The third-order valence-electron chi connectivity index (χ3n) is 3.31. The van der Waals surface area contributed by atoms with E-state index in [0.717, 1.165) is 25.8 Å². The predicted molar refractivity (Wildman–Crippen MR) is 73.7 cm³/mol. The fourth-order valence-electron chi connectivity index (χ4n) is 2.02. The zero-order valence-electron chi connectivity index (χ0n) is 11.3. The van der Waals surface area contributed by atoms with Gasteiger partial charge in [0.1, 0.15) is 0 Å². The van der Waals surface area contributed by atoms with E-state index in [1.165, 1.54) is 5.56 Å². The number of carboxylic acid groups (broad SMARTS) is 1. The maximum Gasteiger partial charge on any atom is 0.317 e. The van der Waals surface area contributed by atoms with Gasteiger partial charge in [0.05, 0.1) is 6.54 Å². The molecule has 1 rings (SSSR count). The van der Waals surface area contributed by atoms with Crippen molar-refractivity contribution >= 4 is 5.97 Å². The summed E-state index contributed by atoms with van der Waals surface area (Å²) in [6.07, 6.45) is 2.99. The topological polar surface area (TPSA) is 40.5 Å². The van der Waals surface area contributed by atoms with E-state index in [1.807, 2.05) is 23.1 Å². The summed E-state index contributed by atoms with van der Waals surface area (Å²) in [5, 5.41) is 8.90. The molecule has 0 heterocycles. The molecule has 0 bridgehead atoms. The Morgan fingerprint density at radius 2 is 2.00 bits per heavy atom. The van der Waals surface area contributed by atoms with Gasteiger partial charge in [0.25, 0.3) is 0 Å². The van der Waals surface area contributed by atoms with Crippen LogP contribution in [0, 0.1) is 0 Å². The van der Waals surface area contributed by atoms with Gasteiger partial charge in [-0.3, -0.25) is 9.69 Å². The van der Waals surface area contributed by atoms with Crippen LogP contribution >= 0.6 is 0 Å². The number of carbonyl (C=O) groups is 1. The van der Waals surface area contributed by atoms with E-state index >= 15 is 0 Å². The van der Waals surface area contributed by atoms with Crippen molar-refractivity contribution < 1.29 is 9.90 Å². The van der Waals surface area contributed by atoms with Crippen LogP contribution in [0.1, 0.15) is 32.3 Å². The van der Waals surface area contributed by atoms with Crippen molar-refractivity contribution in [1.29, 1.82) is 0 Å². The maximum absolute atomic E-state index is 10.8. The Balaban J connectivity index is 2.39. The standard InChI is InChI=1S/C15H23NO2/c1-3-13(2)16(12-15(17)18)11-7-10-14-8-5-4-6-9-14/h4-6,8-9,13H,3,7,10-12H2,1-2H3,(H,17,18). The van der Waals surface area contributed by atoms with Crippen LogP contribution in [0.3, 0.4) is 0 Å². The molecule has 3 nitrogen and oxygen atoms in total. The molecule has 1 N–H and O–H groups in total. The summed E-state index contributed by atoms with van der Waals surface area (Å²) in [5.41, 5.74) is 1.32. The van der Waals surface area contributed by atoms with Crippen LogP contribution < -0.4 is 0 Å². The quantitative estimate of drug-likeness (QED) is 0.770. The largest absolute Gasteiger partial charge is 0.480 e. The summed E-state index contributed by atoms with van der Waals surface area (Å²) in [6, 6.07) is 10.7. The summed E-state index contributed by atoms with van der Waals surface area (Å²) in [7, 11) is 0. The molecule has 0 saturated carbocycles. The first-order chi connectivity index (χ1) is 8.63. The highest BCUT2D eigenvalue weighted by Crippen LogP contribution is 2.07. The zero-order chi connectivity index (χ0) is 13.4. The highest BCUT2D eigenvalue weighted by molar-refractivity contribution is 5.69. The van der Waals surface area contributed by atoms with Crippen molar-refractivity contribution in [3.05, 3.63) is 35.9 Å². The molecule has 0 fully saturated rings. The van der Waals surface area contributed by atoms with Crippen LogP contribution in [-0.4, -0.2) is 35.1 Å². The molecule has 1 aromatic rings. The lowest BCUT2D eigenvalue weighted by Crippen LogP contribution is -2.37. The lowest BCUT2D eigenvalue weighted by molar-refractivity contribution is -0.138. The van der Waals surface area contributed by atoms with E-state index in [2.05, 4.69) is 26.0 Å². The van der Waals surface area contributed by atoms with E-state index < -0.39 is 5.97 Å². The van der Waals surface area contributed by atoms with E-state index in [4.69, 9.17) is 5.11 Å². The molecule has 0 radical (unpaired) electrons. The summed E-state index contributed by atoms with van der Waals surface area (Å²) in [6.45, 7) is 5.17. The van der Waals surface area contributed by atoms with Gasteiger partial charge in [-0.25, -0.2) is 0 Å². The number of hydrogen-bond acceptors (Lipinski definition) is 2. The van der Waals surface area contributed by atoms with Gasteiger partial charge in [-0.1, -0.05) is 37.3 Å². The summed E-state index contributed by atoms with van der Waals surface area (Å²) < 4.78 is 0. The van der Waals surface area contributed by atoms with Gasteiger partial charge >= 0.3 is 5.97 Å². The second-order valence-corrected chi connectivity index (χ2v) is 4.71. The summed E-state index contributed by atoms with van der Waals surface area (Å²) in [4.78, 5) is 12.9. The van der Waals surface area contributed by atoms with Gasteiger partial charge in [-0.2, -0.15) is 0 Å². The second kappa shape index (κ2) is 7.88. The van der Waals surface area contributed by atoms with Crippen LogP contribution in [-0.2, 0) is 11.2 Å². The van der Waals surface area contributed by atoms with Crippen molar-refractivity contribution in [2.24, 2.45) is 0 Å². The monoisotopic (exact) mass is 249 g/mol. The van der Waals surface area contributed by atoms with E-state index in [9.17, 15) is 4.79 Å². The van der Waals surface area contributed by atoms with Crippen LogP contribution in [0.25, 0.3) is 0 Å². The highest BCUT2D eigenvalue weighted by Gasteiger charge is 2.14. The van der Waals surface area contributed by atoms with Gasteiger partial charge in [-0.15, -0.1) is 0 Å². The maximum atomic E-state index is 10.8. The molecule has 0 aliphatic heterocycles. The van der Waals surface area contributed by atoms with Crippen LogP contribution in [0.2, 0.25) is 0 Å². The first-order valence-electron chi connectivity index (χ1n) is 6.63. The minimum atomic E-state index is -0.741. The van der Waals surface area contributed by atoms with Crippen LogP contribution in [0.5, 0.6) is 0 Å². The van der Waals surface area contributed by atoms with E-state index in [-0.39, 0.29) is 6.54 Å². The van der Waals surface area contributed by atoms with Crippen molar-refractivity contribution in [3.8, 4) is 0 Å². The Morgan fingerprint density at radius 3 is 2.56 bits per heavy atom. The average molecular weight is 249 g/mol. The molecule has 0 spiro atoms. The number of aliphatic carboxylic acids is 1. The minimum absolute atomic E-state index is 0.143. The molecule has 18 heavy (non-hydrogen) atoms. The number of hydrogen-bond donors (Lipinski definition) is 1. The molecule has 0 aliphatic rings. The van der Waals surface area contributed by atoms with Gasteiger partial charge in [0.15, 0.2) is 0 Å². The van der Waals surface area contributed by atoms with E-state index in [1.54, 1.807) is 0 Å². The lowest BCUT2D eigenvalue weighted by atomic mass is 10.1. The number of nitrogens with zero attached hydrogens (tertiary/aromatic N) is 1. The Hall–Kier alpha value is -1.35. The molecular weight excluding hydrogens is 226 g/mol. The third kappa shape index (κ3) is 5.32. The number of aryl methyl sites for hydroxylation is 1. The fraction of sp³-hybridized carbons (Fsp3) is 0.533. The Kier molecular flexibility index (Phi) is 6.44. The molecule has 1 aromatic carbocycles. The first kappa shape index (κ1) is 14.7. The molecule has 1 unspecified atom stereocenters. The summed E-state index contributed by atoms with van der Waals surface area (Å²) >= 11 is 0. The van der Waals surface area contributed by atoms with Crippen molar-refractivity contribution in [2.45, 2.75) is 39.2 Å². The van der Waals surface area contributed by atoms with E-state index in [0.29, 0.717) is 6.04 Å². The minimum Gasteiger partial charge on any atom is -0.480 e. The molecule has 100 valence electrons. The molecule has 1 atom stereocenters. The number of carboxylic acids is 1. The smallest absolute Gasteiger partial charge is 0.317 e. The fourth-order valence-corrected chi connectivity index (χ4v) is 2.02. The highest BCUT2D eigenvalue weighted by atomic mass is 16.4. The SMILES string of the molecule is CCC(C)N(CCCc1ccccc1)CC(=O)O. The normalized spacial score (nSPS) is 12.6. The van der Waals surface area contributed by atoms with Crippen molar-refractivity contribution in [2.75, 3.05) is 13.1 Å². The number of benzene rings is 1. The van der Waals surface area contributed by atoms with Crippen LogP contribution in [0.4, 0.5) is 0 Å². The van der Waals surface area contributed by atoms with Crippen molar-refractivity contribution in [1.82, 2.24) is 4.90 Å². The van der Waals surface area contributed by atoms with Gasteiger partial charge < -0.3 is 5.11 Å². The first-order valence-corrected chi connectivity index (χ1v) is 6.63. The predicted octanol–water partition coefficient (Wildman–Crippen LogP) is 2.80. The molecule has 0 aliphatic carbocycles. The van der Waals surface area contributed by atoms with Crippen LogP contribution in [0.15, 0.2) is 30.3 Å².